The fourth-order valence-corrected chi connectivity index (χ4v) is 4.80. The van der Waals surface area contributed by atoms with Gasteiger partial charge < -0.3 is 16.2 Å². The molecular weight excluding hydrogens is 468 g/mol. The van der Waals surface area contributed by atoms with Gasteiger partial charge in [0.1, 0.15) is 5.69 Å². The van der Waals surface area contributed by atoms with E-state index >= 15 is 0 Å². The first-order valence-corrected chi connectivity index (χ1v) is 12.0. The van der Waals surface area contributed by atoms with Gasteiger partial charge in [-0.05, 0) is 55.4 Å². The number of benzene rings is 1. The second-order valence-electron chi connectivity index (χ2n) is 9.39. The lowest BCUT2D eigenvalue weighted by Crippen LogP contribution is -2.47. The molecule has 1 aromatic carbocycles. The highest BCUT2D eigenvalue weighted by Gasteiger charge is 2.40. The Kier molecular flexibility index (Phi) is 7.83. The number of hydrogen-bond acceptors (Lipinski definition) is 6. The topological polar surface area (TPSA) is 131 Å². The lowest BCUT2D eigenvalue weighted by Gasteiger charge is -2.34. The van der Waals surface area contributed by atoms with Crippen molar-refractivity contribution in [2.24, 2.45) is 17.6 Å². The number of carbonyl (C=O) groups excluding carboxylic acids is 2. The Labute approximate surface area is 207 Å². The number of nitrogens with one attached hydrogen (secondary N) is 1. The van der Waals surface area contributed by atoms with E-state index in [9.17, 15) is 23.5 Å². The number of aromatic nitrogens is 3. The highest BCUT2D eigenvalue weighted by Crippen LogP contribution is 2.40. The van der Waals surface area contributed by atoms with Crippen molar-refractivity contribution in [1.29, 1.82) is 0 Å². The van der Waals surface area contributed by atoms with Gasteiger partial charge in [0.2, 0.25) is 11.8 Å². The Hall–Kier alpha value is -3.53. The predicted octanol–water partition coefficient (Wildman–Crippen LogP) is 3.04. The summed E-state index contributed by atoms with van der Waals surface area (Å²) >= 11 is 0. The van der Waals surface area contributed by atoms with E-state index in [1.807, 2.05) is 12.1 Å². The minimum atomic E-state index is -2.74. The second kappa shape index (κ2) is 11.0. The fraction of sp³-hybridized carbons (Fsp3) is 0.423. The zero-order valence-corrected chi connectivity index (χ0v) is 19.7. The van der Waals surface area contributed by atoms with Gasteiger partial charge >= 0.3 is 0 Å². The van der Waals surface area contributed by atoms with Crippen LogP contribution in [0.15, 0.2) is 55.0 Å². The van der Waals surface area contributed by atoms with Crippen LogP contribution >= 0.6 is 0 Å². The van der Waals surface area contributed by atoms with Gasteiger partial charge in [-0.2, -0.15) is 0 Å². The highest BCUT2D eigenvalue weighted by molar-refractivity contribution is 5.94. The molecule has 2 heterocycles. The summed E-state index contributed by atoms with van der Waals surface area (Å²) in [4.78, 5) is 38.0. The normalized spacial score (nSPS) is 18.3. The van der Waals surface area contributed by atoms with Gasteiger partial charge in [0, 0.05) is 31.2 Å². The van der Waals surface area contributed by atoms with E-state index in [4.69, 9.17) is 5.73 Å². The SMILES string of the molecule is NC(=O)C(CC(O)C(Cc1cccnc1)NC(=O)c1cnc2ccccc2n1)C1CCC(F)(F)CC1. The number of primary amides is 1. The molecule has 0 bridgehead atoms. The van der Waals surface area contributed by atoms with E-state index in [1.165, 1.54) is 6.20 Å². The van der Waals surface area contributed by atoms with Gasteiger partial charge in [0.05, 0.1) is 29.4 Å². The first-order chi connectivity index (χ1) is 17.2. The number of nitrogens with two attached hydrogens (primary N) is 1. The molecular formula is C26H29F2N5O3. The van der Waals surface area contributed by atoms with Gasteiger partial charge in [-0.25, -0.2) is 13.8 Å². The van der Waals surface area contributed by atoms with Crippen LogP contribution in [0.4, 0.5) is 8.78 Å². The van der Waals surface area contributed by atoms with Crippen LogP contribution in [0.2, 0.25) is 0 Å². The molecule has 3 aromatic rings. The standard InChI is InChI=1S/C26H29F2N5O3/c27-26(28)9-7-17(8-10-26)18(24(29)35)13-23(34)21(12-16-4-3-11-30-14-16)33-25(36)22-15-31-19-5-1-2-6-20(19)32-22/h1-6,11,14-15,17-18,21,23,34H,7-10,12-13H2,(H2,29,35)(H,33,36). The summed E-state index contributed by atoms with van der Waals surface area (Å²) in [6, 6.07) is 9.88. The van der Waals surface area contributed by atoms with Crippen LogP contribution in [-0.4, -0.2) is 49.9 Å². The van der Waals surface area contributed by atoms with Crippen molar-refractivity contribution < 1.29 is 23.5 Å². The molecule has 4 N–H and O–H groups in total. The molecule has 36 heavy (non-hydrogen) atoms. The summed E-state index contributed by atoms with van der Waals surface area (Å²) < 4.78 is 27.3. The van der Waals surface area contributed by atoms with Gasteiger partial charge in [-0.15, -0.1) is 0 Å². The lowest BCUT2D eigenvalue weighted by atomic mass is 9.75. The molecule has 0 aliphatic heterocycles. The van der Waals surface area contributed by atoms with Crippen molar-refractivity contribution in [1.82, 2.24) is 20.3 Å². The summed E-state index contributed by atoms with van der Waals surface area (Å²) in [5.74, 6) is -5.05. The average molecular weight is 498 g/mol. The second-order valence-corrected chi connectivity index (χ2v) is 9.39. The van der Waals surface area contributed by atoms with Crippen LogP contribution in [0, 0.1) is 11.8 Å². The van der Waals surface area contributed by atoms with Crippen molar-refractivity contribution in [3.8, 4) is 0 Å². The first-order valence-electron chi connectivity index (χ1n) is 12.0. The molecule has 1 aliphatic carbocycles. The molecule has 0 spiro atoms. The van der Waals surface area contributed by atoms with Gasteiger partial charge in [0.15, 0.2) is 0 Å². The number of aliphatic hydroxyl groups excluding tert-OH is 1. The number of amides is 2. The zero-order valence-electron chi connectivity index (χ0n) is 19.7. The minimum Gasteiger partial charge on any atom is -0.391 e. The maximum absolute atomic E-state index is 13.6. The summed E-state index contributed by atoms with van der Waals surface area (Å²) in [6.07, 6.45) is 3.29. The Morgan fingerprint density at radius 1 is 1.11 bits per heavy atom. The lowest BCUT2D eigenvalue weighted by molar-refractivity contribution is -0.127. The maximum Gasteiger partial charge on any atom is 0.271 e. The summed E-state index contributed by atoms with van der Waals surface area (Å²) in [5, 5.41) is 14.0. The molecule has 3 atom stereocenters. The third kappa shape index (κ3) is 6.37. The van der Waals surface area contributed by atoms with Crippen LogP contribution in [0.3, 0.4) is 0 Å². The number of halogens is 2. The number of alkyl halides is 2. The van der Waals surface area contributed by atoms with Gasteiger partial charge in [-0.3, -0.25) is 19.6 Å². The Morgan fingerprint density at radius 2 is 1.83 bits per heavy atom. The van der Waals surface area contributed by atoms with E-state index in [0.29, 0.717) is 11.0 Å². The number of aliphatic hydroxyl groups is 1. The molecule has 2 aromatic heterocycles. The van der Waals surface area contributed by atoms with Gasteiger partial charge in [0.25, 0.3) is 5.91 Å². The Morgan fingerprint density at radius 3 is 2.50 bits per heavy atom. The van der Waals surface area contributed by atoms with Crippen LogP contribution in [0.25, 0.3) is 11.0 Å². The van der Waals surface area contributed by atoms with Gasteiger partial charge in [-0.1, -0.05) is 18.2 Å². The molecule has 1 saturated carbocycles. The number of carbonyl (C=O) groups is 2. The molecule has 1 fully saturated rings. The van der Waals surface area contributed by atoms with E-state index in [1.54, 1.807) is 36.7 Å². The molecule has 0 radical (unpaired) electrons. The Balaban J connectivity index is 1.52. The summed E-state index contributed by atoms with van der Waals surface area (Å²) in [7, 11) is 0. The molecule has 2 amide bonds. The largest absolute Gasteiger partial charge is 0.391 e. The summed E-state index contributed by atoms with van der Waals surface area (Å²) in [5.41, 5.74) is 7.67. The molecule has 8 nitrogen and oxygen atoms in total. The van der Waals surface area contributed by atoms with Crippen molar-refractivity contribution in [2.75, 3.05) is 0 Å². The molecule has 190 valence electrons. The van der Waals surface area contributed by atoms with Crippen molar-refractivity contribution in [3.05, 3.63) is 66.2 Å². The number of hydrogen-bond donors (Lipinski definition) is 3. The van der Waals surface area contributed by atoms with Crippen LogP contribution in [0.1, 0.15) is 48.2 Å². The summed E-state index contributed by atoms with van der Waals surface area (Å²) in [6.45, 7) is 0. The van der Waals surface area contributed by atoms with Crippen LogP contribution < -0.4 is 11.1 Å². The van der Waals surface area contributed by atoms with Crippen LogP contribution in [-0.2, 0) is 11.2 Å². The predicted molar refractivity (Wildman–Crippen MR) is 129 cm³/mol. The smallest absolute Gasteiger partial charge is 0.271 e. The maximum atomic E-state index is 13.6. The van der Waals surface area contributed by atoms with E-state index < -0.39 is 35.8 Å². The number of nitrogens with zero attached hydrogens (tertiary/aromatic N) is 3. The molecule has 4 rings (SSSR count). The Bertz CT molecular complexity index is 1200. The zero-order chi connectivity index (χ0) is 25.7. The molecule has 1 aliphatic rings. The van der Waals surface area contributed by atoms with E-state index in [2.05, 4.69) is 20.3 Å². The number of fused-ring (bicyclic) bond motifs is 1. The number of para-hydroxylation sites is 2. The number of pyridine rings is 1. The fourth-order valence-electron chi connectivity index (χ4n) is 4.80. The van der Waals surface area contributed by atoms with Crippen molar-refractivity contribution >= 4 is 22.8 Å². The van der Waals surface area contributed by atoms with Crippen molar-refractivity contribution in [3.63, 3.8) is 0 Å². The molecule has 0 saturated heterocycles. The third-order valence-electron chi connectivity index (χ3n) is 6.83. The van der Waals surface area contributed by atoms with E-state index in [0.717, 1.165) is 5.56 Å². The highest BCUT2D eigenvalue weighted by atomic mass is 19.3. The monoisotopic (exact) mass is 497 g/mol. The average Bonchev–Trinajstić information content (AvgIpc) is 2.87. The molecule has 10 heteroatoms. The molecule has 3 unspecified atom stereocenters. The van der Waals surface area contributed by atoms with E-state index in [-0.39, 0.29) is 50.1 Å². The third-order valence-corrected chi connectivity index (χ3v) is 6.83. The van der Waals surface area contributed by atoms with Crippen LogP contribution in [0.5, 0.6) is 0 Å². The minimum absolute atomic E-state index is 0.0554. The van der Waals surface area contributed by atoms with Crippen molar-refractivity contribution in [2.45, 2.75) is 56.6 Å². The number of rotatable bonds is 9. The first kappa shape index (κ1) is 25.6. The quantitative estimate of drug-likeness (QED) is 0.417.